The average Bonchev–Trinajstić information content (AvgIpc) is 2.64. The Labute approximate surface area is 171 Å². The van der Waals surface area contributed by atoms with Gasteiger partial charge in [0.05, 0.1) is 18.2 Å². The van der Waals surface area contributed by atoms with Crippen molar-refractivity contribution in [3.8, 4) is 11.5 Å². The van der Waals surface area contributed by atoms with Gasteiger partial charge in [-0.15, -0.1) is 0 Å². The van der Waals surface area contributed by atoms with Crippen molar-refractivity contribution in [1.29, 1.82) is 0 Å². The molecular formula is C17H14F6N2O5S. The Morgan fingerprint density at radius 1 is 1.00 bits per heavy atom. The van der Waals surface area contributed by atoms with Gasteiger partial charge in [0.15, 0.2) is 6.61 Å². The third-order valence-electron chi connectivity index (χ3n) is 3.69. The van der Waals surface area contributed by atoms with Crippen LogP contribution in [0, 0.1) is 0 Å². The fourth-order valence-electron chi connectivity index (χ4n) is 2.33. The average molecular weight is 472 g/mol. The summed E-state index contributed by atoms with van der Waals surface area (Å²) < 4.78 is 110. The van der Waals surface area contributed by atoms with Gasteiger partial charge in [0.25, 0.3) is 5.91 Å². The van der Waals surface area contributed by atoms with Crippen LogP contribution in [0.25, 0.3) is 0 Å². The van der Waals surface area contributed by atoms with Crippen molar-refractivity contribution in [3.63, 3.8) is 0 Å². The molecule has 0 aromatic heterocycles. The Hall–Kier alpha value is -3.00. The lowest BCUT2D eigenvalue weighted by Gasteiger charge is -2.15. The fraction of sp³-hybridized carbons (Fsp3) is 0.235. The number of methoxy groups -OCH3 is 1. The zero-order chi connectivity index (χ0) is 23.6. The molecule has 0 fully saturated rings. The maximum absolute atomic E-state index is 12.8. The van der Waals surface area contributed by atoms with Crippen molar-refractivity contribution in [2.24, 2.45) is 5.14 Å². The Bertz CT molecular complexity index is 1050. The molecule has 0 saturated heterocycles. The van der Waals surface area contributed by atoms with Crippen LogP contribution < -0.4 is 19.9 Å². The molecular weight excluding hydrogens is 458 g/mol. The van der Waals surface area contributed by atoms with Crippen molar-refractivity contribution in [2.45, 2.75) is 17.2 Å². The molecule has 14 heteroatoms. The van der Waals surface area contributed by atoms with E-state index >= 15 is 0 Å². The second-order valence-corrected chi connectivity index (χ2v) is 7.52. The molecule has 2 aromatic carbocycles. The van der Waals surface area contributed by atoms with E-state index in [-0.39, 0.29) is 17.5 Å². The van der Waals surface area contributed by atoms with Crippen molar-refractivity contribution < 1.29 is 49.0 Å². The molecule has 0 saturated carbocycles. The van der Waals surface area contributed by atoms with E-state index in [0.717, 1.165) is 6.07 Å². The van der Waals surface area contributed by atoms with Crippen LogP contribution in [0.1, 0.15) is 11.1 Å². The van der Waals surface area contributed by atoms with Crippen LogP contribution in [0.15, 0.2) is 41.3 Å². The lowest BCUT2D eigenvalue weighted by atomic mass is 10.1. The molecule has 170 valence electrons. The van der Waals surface area contributed by atoms with Crippen LogP contribution in [-0.2, 0) is 27.2 Å². The number of benzene rings is 2. The first-order valence-corrected chi connectivity index (χ1v) is 9.59. The van der Waals surface area contributed by atoms with E-state index < -0.39 is 56.7 Å². The number of primary sulfonamides is 1. The standard InChI is InChI=1S/C17H14F6N2O5S/c1-29-13-3-2-11(7-14(13)31(24,27)28)25-15(26)8-30-12-5-9(16(18,19)20)4-10(6-12)17(21,22)23/h2-7H,8H2,1H3,(H,25,26)(H2,24,27,28). The number of rotatable bonds is 6. The number of carbonyl (C=O) groups is 1. The van der Waals surface area contributed by atoms with Crippen LogP contribution in [0.3, 0.4) is 0 Å². The smallest absolute Gasteiger partial charge is 0.416 e. The van der Waals surface area contributed by atoms with Gasteiger partial charge in [0.1, 0.15) is 16.4 Å². The van der Waals surface area contributed by atoms with E-state index in [1.807, 2.05) is 0 Å². The molecule has 0 unspecified atom stereocenters. The van der Waals surface area contributed by atoms with Gasteiger partial charge in [0.2, 0.25) is 10.0 Å². The number of hydrogen-bond acceptors (Lipinski definition) is 5. The minimum absolute atomic E-state index is 0.0843. The third-order valence-corrected chi connectivity index (χ3v) is 4.62. The molecule has 0 aliphatic heterocycles. The maximum Gasteiger partial charge on any atom is 0.416 e. The summed E-state index contributed by atoms with van der Waals surface area (Å²) in [6.45, 7) is -0.963. The highest BCUT2D eigenvalue weighted by Crippen LogP contribution is 2.38. The topological polar surface area (TPSA) is 108 Å². The highest BCUT2D eigenvalue weighted by atomic mass is 32.2. The number of amides is 1. The van der Waals surface area contributed by atoms with Crippen LogP contribution in [0.4, 0.5) is 32.0 Å². The fourth-order valence-corrected chi connectivity index (χ4v) is 3.06. The molecule has 2 aromatic rings. The summed E-state index contributed by atoms with van der Waals surface area (Å²) in [4.78, 5) is 11.5. The van der Waals surface area contributed by atoms with Crippen molar-refractivity contribution >= 4 is 21.6 Å². The van der Waals surface area contributed by atoms with Crippen LogP contribution in [0.5, 0.6) is 11.5 Å². The quantitative estimate of drug-likeness (QED) is 0.627. The minimum atomic E-state index is -5.07. The van der Waals surface area contributed by atoms with Crippen molar-refractivity contribution in [2.75, 3.05) is 19.0 Å². The molecule has 3 N–H and O–H groups in total. The highest BCUT2D eigenvalue weighted by Gasteiger charge is 2.37. The van der Waals surface area contributed by atoms with Gasteiger partial charge in [-0.1, -0.05) is 0 Å². The number of nitrogens with one attached hydrogen (secondary N) is 1. The van der Waals surface area contributed by atoms with Gasteiger partial charge in [-0.3, -0.25) is 4.79 Å². The van der Waals surface area contributed by atoms with Gasteiger partial charge in [-0.2, -0.15) is 26.3 Å². The third kappa shape index (κ3) is 6.49. The van der Waals surface area contributed by atoms with Gasteiger partial charge in [-0.05, 0) is 36.4 Å². The number of carbonyl (C=O) groups excluding carboxylic acids is 1. The predicted octanol–water partition coefficient (Wildman–Crippen LogP) is 3.40. The van der Waals surface area contributed by atoms with E-state index in [0.29, 0.717) is 12.1 Å². The zero-order valence-corrected chi connectivity index (χ0v) is 16.3. The van der Waals surface area contributed by atoms with Crippen LogP contribution >= 0.6 is 0 Å². The number of ether oxygens (including phenoxy) is 2. The molecule has 0 aliphatic rings. The zero-order valence-electron chi connectivity index (χ0n) is 15.5. The Morgan fingerprint density at radius 3 is 2.00 bits per heavy atom. The summed E-state index contributed by atoms with van der Waals surface area (Å²) in [6.07, 6.45) is -10.1. The largest absolute Gasteiger partial charge is 0.495 e. The highest BCUT2D eigenvalue weighted by molar-refractivity contribution is 7.89. The molecule has 0 aliphatic carbocycles. The van der Waals surface area contributed by atoms with Crippen molar-refractivity contribution in [1.82, 2.24) is 0 Å². The molecule has 0 heterocycles. The Morgan fingerprint density at radius 2 is 1.55 bits per heavy atom. The minimum Gasteiger partial charge on any atom is -0.495 e. The van der Waals surface area contributed by atoms with Gasteiger partial charge >= 0.3 is 12.4 Å². The molecule has 31 heavy (non-hydrogen) atoms. The summed E-state index contributed by atoms with van der Waals surface area (Å²) in [6, 6.07) is 3.91. The summed E-state index contributed by atoms with van der Waals surface area (Å²) in [5.74, 6) is -1.94. The lowest BCUT2D eigenvalue weighted by Crippen LogP contribution is -2.21. The number of anilines is 1. The van der Waals surface area contributed by atoms with Gasteiger partial charge in [-0.25, -0.2) is 13.6 Å². The van der Waals surface area contributed by atoms with Gasteiger partial charge in [0, 0.05) is 5.69 Å². The number of alkyl halides is 6. The second-order valence-electron chi connectivity index (χ2n) is 5.99. The lowest BCUT2D eigenvalue weighted by molar-refractivity contribution is -0.143. The molecule has 0 spiro atoms. The monoisotopic (exact) mass is 472 g/mol. The van der Waals surface area contributed by atoms with Crippen LogP contribution in [0.2, 0.25) is 0 Å². The first-order valence-electron chi connectivity index (χ1n) is 8.04. The Kier molecular flexibility index (Phi) is 6.75. The second kappa shape index (κ2) is 8.63. The molecule has 0 radical (unpaired) electrons. The number of sulfonamides is 1. The normalized spacial score (nSPS) is 12.4. The van der Waals surface area contributed by atoms with E-state index in [1.54, 1.807) is 0 Å². The molecule has 2 rings (SSSR count). The summed E-state index contributed by atoms with van der Waals surface area (Å²) in [7, 11) is -3.04. The first-order chi connectivity index (χ1) is 14.1. The van der Waals surface area contributed by atoms with E-state index in [2.05, 4.69) is 5.32 Å². The van der Waals surface area contributed by atoms with Gasteiger partial charge < -0.3 is 14.8 Å². The first kappa shape index (κ1) is 24.3. The molecule has 0 atom stereocenters. The van der Waals surface area contributed by atoms with Crippen LogP contribution in [-0.4, -0.2) is 28.0 Å². The Balaban J connectivity index is 2.20. The molecule has 7 nitrogen and oxygen atoms in total. The number of halogens is 6. The molecule has 1 amide bonds. The van der Waals surface area contributed by atoms with E-state index in [4.69, 9.17) is 14.6 Å². The van der Waals surface area contributed by atoms with Crippen molar-refractivity contribution in [3.05, 3.63) is 47.5 Å². The molecule has 0 bridgehead atoms. The number of hydrogen-bond donors (Lipinski definition) is 2. The summed E-state index contributed by atoms with van der Waals surface area (Å²) in [5.41, 5.74) is -3.30. The maximum atomic E-state index is 12.8. The summed E-state index contributed by atoms with van der Waals surface area (Å²) >= 11 is 0. The van der Waals surface area contributed by atoms with E-state index in [1.165, 1.54) is 19.2 Å². The van der Waals surface area contributed by atoms with E-state index in [9.17, 15) is 39.6 Å². The predicted molar refractivity (Wildman–Crippen MR) is 94.9 cm³/mol. The summed E-state index contributed by atoms with van der Waals surface area (Å²) in [5, 5.41) is 7.22. The SMILES string of the molecule is COc1ccc(NC(=O)COc2cc(C(F)(F)F)cc(C(F)(F)F)c2)cc1S(N)(=O)=O. The number of nitrogens with two attached hydrogens (primary N) is 1.